The molecule has 4 aliphatic carbocycles. The van der Waals surface area contributed by atoms with Gasteiger partial charge < -0.3 is 20.3 Å². The van der Waals surface area contributed by atoms with Gasteiger partial charge in [0.15, 0.2) is 0 Å². The molecule has 4 fully saturated rings. The van der Waals surface area contributed by atoms with Crippen molar-refractivity contribution in [2.45, 2.75) is 125 Å². The summed E-state index contributed by atoms with van der Waals surface area (Å²) in [4.78, 5) is 13.4. The third-order valence-electron chi connectivity index (χ3n) is 15.8. The average molecular weight is 639 g/mol. The Morgan fingerprint density at radius 3 is 2.46 bits per heavy atom. The smallest absolute Gasteiger partial charge is 0.307 e. The number of ether oxygens (including phenoxy) is 2. The molecule has 46 heavy (non-hydrogen) atoms. The Hall–Kier alpha value is -1.77. The van der Waals surface area contributed by atoms with Crippen LogP contribution in [0, 0.1) is 62.6 Å². The molecular formula is C38H62N4O4. The van der Waals surface area contributed by atoms with E-state index in [1.54, 1.807) is 6.20 Å². The number of aliphatic carboxylic acids is 1. The zero-order valence-electron chi connectivity index (χ0n) is 30.3. The van der Waals surface area contributed by atoms with Crippen LogP contribution in [0.15, 0.2) is 24.0 Å². The van der Waals surface area contributed by atoms with E-state index in [4.69, 9.17) is 15.2 Å². The molecule has 0 aromatic carbocycles. The molecule has 3 saturated carbocycles. The summed E-state index contributed by atoms with van der Waals surface area (Å²) in [7, 11) is 0. The summed E-state index contributed by atoms with van der Waals surface area (Å²) >= 11 is 0. The molecular weight excluding hydrogens is 576 g/mol. The molecule has 1 aromatic heterocycles. The predicted octanol–water partition coefficient (Wildman–Crippen LogP) is 7.17. The van der Waals surface area contributed by atoms with Crippen molar-refractivity contribution in [1.82, 2.24) is 15.0 Å². The number of nitrogens with zero attached hydrogens (tertiary/aromatic N) is 3. The molecule has 1 aliphatic heterocycles. The lowest BCUT2D eigenvalue weighted by atomic mass is 9.34. The first kappa shape index (κ1) is 34.1. The van der Waals surface area contributed by atoms with E-state index < -0.39 is 17.4 Å². The minimum Gasteiger partial charge on any atom is -0.481 e. The normalized spacial score (nSPS) is 45.7. The lowest BCUT2D eigenvalue weighted by molar-refractivity contribution is -0.252. The standard InChI is InChI=1S/C38H62N4O4/c1-23(2)25(5)33(6)15-16-35(8)26-11-12-29-34(7)20-45-22-38(29,27(26)13-14-36(35,9)30(33)32(43)44)19-28(42-18-17-40-41-42)31(34)46-21-37(10,39)24(3)4/h13,17-18,23-26,28-31H,11-12,14-16,19-22,39H2,1-10H3,(H,43,44)/t25-,26+,28-,29+,30-,31+,33-,34?,35-,36+,37+,38+/m1/s1. The van der Waals surface area contributed by atoms with E-state index in [2.05, 4.69) is 85.6 Å². The molecule has 12 atom stereocenters. The second-order valence-electron chi connectivity index (χ2n) is 18.4. The van der Waals surface area contributed by atoms with Gasteiger partial charge in [0, 0.05) is 22.6 Å². The van der Waals surface area contributed by atoms with Crippen LogP contribution in [-0.2, 0) is 14.3 Å². The molecule has 3 N–H and O–H groups in total. The largest absolute Gasteiger partial charge is 0.481 e. The van der Waals surface area contributed by atoms with Crippen molar-refractivity contribution in [2.24, 2.45) is 68.3 Å². The van der Waals surface area contributed by atoms with Crippen LogP contribution in [-0.4, -0.2) is 57.5 Å². The highest BCUT2D eigenvalue weighted by Gasteiger charge is 2.72. The van der Waals surface area contributed by atoms with Crippen LogP contribution in [0.4, 0.5) is 0 Å². The van der Waals surface area contributed by atoms with Crippen molar-refractivity contribution in [3.05, 3.63) is 24.0 Å². The van der Waals surface area contributed by atoms with Gasteiger partial charge in [0.25, 0.3) is 0 Å². The SMILES string of the molecule is CC(C)[C@@H](C)[C@@]1(C)CC[C@]2(C)[C@H]3CC[C@H]4C5(C)COC[C@@]4(C[C@@H](n4ccnn4)[C@@H]5OC[C@](C)(N)C(C)C)C3=CC[C@@]2(C)[C@@H]1C(=O)O. The number of hydrogen-bond acceptors (Lipinski definition) is 6. The molecule has 2 bridgehead atoms. The number of allylic oxidation sites excluding steroid dienone is 1. The van der Waals surface area contributed by atoms with Gasteiger partial charge in [-0.05, 0) is 91.3 Å². The number of hydrogen-bond donors (Lipinski definition) is 2. The summed E-state index contributed by atoms with van der Waals surface area (Å²) in [6.45, 7) is 24.5. The summed E-state index contributed by atoms with van der Waals surface area (Å²) in [6, 6.07) is 0.00434. The van der Waals surface area contributed by atoms with Crippen molar-refractivity contribution in [2.75, 3.05) is 19.8 Å². The second-order valence-corrected chi connectivity index (χ2v) is 18.4. The fourth-order valence-corrected chi connectivity index (χ4v) is 12.0. The monoisotopic (exact) mass is 638 g/mol. The number of nitrogens with two attached hydrogens (primary N) is 1. The fourth-order valence-electron chi connectivity index (χ4n) is 12.0. The first-order valence-electron chi connectivity index (χ1n) is 18.2. The predicted molar refractivity (Wildman–Crippen MR) is 180 cm³/mol. The highest BCUT2D eigenvalue weighted by molar-refractivity contribution is 5.73. The summed E-state index contributed by atoms with van der Waals surface area (Å²) in [5.74, 6) is 0.771. The topological polar surface area (TPSA) is 112 Å². The number of carboxylic acids is 1. The first-order valence-corrected chi connectivity index (χ1v) is 18.2. The summed E-state index contributed by atoms with van der Waals surface area (Å²) in [6.07, 6.45) is 12.0. The Kier molecular flexibility index (Phi) is 8.25. The van der Waals surface area contributed by atoms with Crippen LogP contribution < -0.4 is 5.73 Å². The zero-order valence-corrected chi connectivity index (χ0v) is 30.3. The van der Waals surface area contributed by atoms with Crippen molar-refractivity contribution in [3.8, 4) is 0 Å². The summed E-state index contributed by atoms with van der Waals surface area (Å²) in [5.41, 5.74) is 6.79. The maximum atomic E-state index is 13.4. The van der Waals surface area contributed by atoms with Crippen LogP contribution in [0.5, 0.6) is 0 Å². The molecule has 0 radical (unpaired) electrons. The molecule has 1 saturated heterocycles. The number of rotatable bonds is 8. The zero-order chi connectivity index (χ0) is 33.7. The Labute approximate surface area is 277 Å². The highest BCUT2D eigenvalue weighted by atomic mass is 16.5. The highest BCUT2D eigenvalue weighted by Crippen LogP contribution is 2.75. The van der Waals surface area contributed by atoms with E-state index in [9.17, 15) is 9.90 Å². The lowest BCUT2D eigenvalue weighted by Gasteiger charge is -2.71. The maximum absolute atomic E-state index is 13.4. The van der Waals surface area contributed by atoms with Gasteiger partial charge in [-0.15, -0.1) is 5.10 Å². The molecule has 5 aliphatic rings. The minimum atomic E-state index is -0.613. The van der Waals surface area contributed by atoms with Crippen molar-refractivity contribution >= 4 is 5.97 Å². The Morgan fingerprint density at radius 2 is 1.85 bits per heavy atom. The van der Waals surface area contributed by atoms with Gasteiger partial charge in [0.05, 0.1) is 44.1 Å². The van der Waals surface area contributed by atoms with Gasteiger partial charge in [-0.1, -0.05) is 79.2 Å². The first-order chi connectivity index (χ1) is 21.4. The molecule has 8 heteroatoms. The van der Waals surface area contributed by atoms with E-state index in [0.717, 1.165) is 38.5 Å². The summed E-state index contributed by atoms with van der Waals surface area (Å²) in [5, 5.41) is 19.8. The average Bonchev–Trinajstić information content (AvgIpc) is 3.51. The Balaban J connectivity index is 1.43. The van der Waals surface area contributed by atoms with Crippen molar-refractivity contribution in [1.29, 1.82) is 0 Å². The number of fused-ring (bicyclic) bond motifs is 3. The fraction of sp³-hybridized carbons (Fsp3) is 0.868. The van der Waals surface area contributed by atoms with Crippen LogP contribution in [0.3, 0.4) is 0 Å². The van der Waals surface area contributed by atoms with E-state index >= 15 is 0 Å². The Morgan fingerprint density at radius 1 is 1.13 bits per heavy atom. The third kappa shape index (κ3) is 4.58. The minimum absolute atomic E-state index is 0.00434. The van der Waals surface area contributed by atoms with Gasteiger partial charge in [0.2, 0.25) is 0 Å². The second kappa shape index (κ2) is 11.1. The van der Waals surface area contributed by atoms with E-state index in [1.807, 2.05) is 10.9 Å². The molecule has 258 valence electrons. The van der Waals surface area contributed by atoms with Gasteiger partial charge >= 0.3 is 5.97 Å². The molecule has 1 aromatic rings. The van der Waals surface area contributed by atoms with E-state index in [-0.39, 0.29) is 45.1 Å². The van der Waals surface area contributed by atoms with Gasteiger partial charge in [-0.3, -0.25) is 4.79 Å². The van der Waals surface area contributed by atoms with Gasteiger partial charge in [-0.25, -0.2) is 4.68 Å². The maximum Gasteiger partial charge on any atom is 0.307 e. The number of carbonyl (C=O) groups is 1. The molecule has 2 heterocycles. The number of aromatic nitrogens is 3. The third-order valence-corrected chi connectivity index (χ3v) is 15.8. The van der Waals surface area contributed by atoms with Crippen LogP contribution in [0.2, 0.25) is 0 Å². The molecule has 0 spiro atoms. The lowest BCUT2D eigenvalue weighted by Crippen LogP contribution is -2.69. The van der Waals surface area contributed by atoms with Crippen molar-refractivity contribution in [3.63, 3.8) is 0 Å². The molecule has 8 nitrogen and oxygen atoms in total. The number of carboxylic acid groups (broad SMARTS) is 1. The molecule has 6 rings (SSSR count). The Bertz CT molecular complexity index is 1340. The van der Waals surface area contributed by atoms with Gasteiger partial charge in [-0.2, -0.15) is 0 Å². The summed E-state index contributed by atoms with van der Waals surface area (Å²) < 4.78 is 15.7. The van der Waals surface area contributed by atoms with Crippen LogP contribution in [0.1, 0.15) is 114 Å². The van der Waals surface area contributed by atoms with E-state index in [1.165, 1.54) is 5.57 Å². The van der Waals surface area contributed by atoms with Gasteiger partial charge in [0.1, 0.15) is 0 Å². The molecule has 0 amide bonds. The molecule has 1 unspecified atom stereocenters. The van der Waals surface area contributed by atoms with E-state index in [0.29, 0.717) is 43.5 Å². The van der Waals surface area contributed by atoms with Crippen LogP contribution >= 0.6 is 0 Å². The van der Waals surface area contributed by atoms with Crippen LogP contribution in [0.25, 0.3) is 0 Å². The van der Waals surface area contributed by atoms with Crippen molar-refractivity contribution < 1.29 is 19.4 Å². The quantitative estimate of drug-likeness (QED) is 0.291.